The molecule has 2 heterocycles. The summed E-state index contributed by atoms with van der Waals surface area (Å²) >= 11 is 0. The number of aryl methyl sites for hydroxylation is 1. The maximum atomic E-state index is 14.2. The quantitative estimate of drug-likeness (QED) is 0.346. The van der Waals surface area contributed by atoms with Crippen LogP contribution in [-0.2, 0) is 13.2 Å². The van der Waals surface area contributed by atoms with Crippen molar-refractivity contribution in [2.75, 3.05) is 10.6 Å². The normalized spacial score (nSPS) is 11.2. The van der Waals surface area contributed by atoms with Crippen molar-refractivity contribution in [3.05, 3.63) is 84.6 Å². The number of hydrogen-bond donors (Lipinski definition) is 2. The van der Waals surface area contributed by atoms with Crippen LogP contribution in [0.1, 0.15) is 5.56 Å². The zero-order valence-corrected chi connectivity index (χ0v) is 17.6. The van der Waals surface area contributed by atoms with Crippen LogP contribution in [0.5, 0.6) is 11.5 Å². The molecule has 11 heteroatoms. The fourth-order valence-corrected chi connectivity index (χ4v) is 3.01. The Hall–Kier alpha value is -4.41. The molecule has 0 fully saturated rings. The number of nitrogens with zero attached hydrogens (tertiary/aromatic N) is 3. The molecule has 2 aromatic heterocycles. The molecule has 4 rings (SSSR count). The predicted molar refractivity (Wildman–Crippen MR) is 117 cm³/mol. The first kappa shape index (κ1) is 22.8. The molecular weight excluding hydrogens is 454 g/mol. The van der Waals surface area contributed by atoms with Crippen molar-refractivity contribution in [3.8, 4) is 22.8 Å². The molecular formula is C23H17F4N5O2. The lowest BCUT2D eigenvalue weighted by Gasteiger charge is -2.12. The number of anilines is 2. The maximum Gasteiger partial charge on any atom is 0.416 e. The van der Waals surface area contributed by atoms with E-state index >= 15 is 0 Å². The Morgan fingerprint density at radius 1 is 1.00 bits per heavy atom. The summed E-state index contributed by atoms with van der Waals surface area (Å²) in [6.45, 7) is 0. The Kier molecular flexibility index (Phi) is 6.17. The molecule has 0 saturated heterocycles. The van der Waals surface area contributed by atoms with Crippen molar-refractivity contribution < 1.29 is 27.1 Å². The minimum Gasteiger partial charge on any atom is -0.457 e. The molecule has 0 spiro atoms. The van der Waals surface area contributed by atoms with Gasteiger partial charge in [-0.25, -0.2) is 9.18 Å². The van der Waals surface area contributed by atoms with Crippen molar-refractivity contribution in [2.45, 2.75) is 6.18 Å². The van der Waals surface area contributed by atoms with Crippen molar-refractivity contribution in [1.29, 1.82) is 0 Å². The highest BCUT2D eigenvalue weighted by molar-refractivity contribution is 5.99. The lowest BCUT2D eigenvalue weighted by Crippen LogP contribution is -2.20. The SMILES string of the molecule is Cn1cc(-c2cc(Oc3ccc(F)c(NC(=O)Nc4ccc(C(F)(F)F)cc4)c3)ccn2)cn1. The van der Waals surface area contributed by atoms with Gasteiger partial charge in [0.2, 0.25) is 0 Å². The molecule has 174 valence electrons. The molecule has 0 radical (unpaired) electrons. The van der Waals surface area contributed by atoms with Gasteiger partial charge in [0.05, 0.1) is 23.1 Å². The Bertz CT molecular complexity index is 1320. The van der Waals surface area contributed by atoms with E-state index in [4.69, 9.17) is 4.74 Å². The van der Waals surface area contributed by atoms with E-state index in [0.717, 1.165) is 35.9 Å². The summed E-state index contributed by atoms with van der Waals surface area (Å²) in [5.74, 6) is -0.0455. The van der Waals surface area contributed by atoms with Gasteiger partial charge < -0.3 is 15.4 Å². The van der Waals surface area contributed by atoms with Crippen LogP contribution < -0.4 is 15.4 Å². The Morgan fingerprint density at radius 2 is 1.74 bits per heavy atom. The second-order valence-electron chi connectivity index (χ2n) is 7.18. The van der Waals surface area contributed by atoms with Crippen LogP contribution in [-0.4, -0.2) is 20.8 Å². The molecule has 4 aromatic rings. The summed E-state index contributed by atoms with van der Waals surface area (Å²) in [6, 6.07) is 10.1. The molecule has 0 aliphatic carbocycles. The fourth-order valence-electron chi connectivity index (χ4n) is 3.01. The van der Waals surface area contributed by atoms with E-state index in [1.807, 2.05) is 0 Å². The molecule has 2 aromatic carbocycles. The standard InChI is InChI=1S/C23H17F4N5O2/c1-32-13-14(12-29-32)20-10-18(8-9-28-20)34-17-6-7-19(24)21(11-17)31-22(33)30-16-4-2-15(3-5-16)23(25,26)27/h2-13H,1H3,(H2,30,31,33). The van der Waals surface area contributed by atoms with Gasteiger partial charge >= 0.3 is 12.2 Å². The Labute approximate surface area is 191 Å². The number of amides is 2. The smallest absolute Gasteiger partial charge is 0.416 e. The van der Waals surface area contributed by atoms with E-state index in [0.29, 0.717) is 11.4 Å². The highest BCUT2D eigenvalue weighted by Gasteiger charge is 2.30. The topological polar surface area (TPSA) is 81.1 Å². The van der Waals surface area contributed by atoms with Gasteiger partial charge in [-0.3, -0.25) is 9.67 Å². The number of benzene rings is 2. The first-order valence-electron chi connectivity index (χ1n) is 9.85. The second kappa shape index (κ2) is 9.22. The summed E-state index contributed by atoms with van der Waals surface area (Å²) in [6.07, 6.45) is 0.512. The predicted octanol–water partition coefficient (Wildman–Crippen LogP) is 6.08. The summed E-state index contributed by atoms with van der Waals surface area (Å²) in [7, 11) is 1.78. The molecule has 0 saturated carbocycles. The summed E-state index contributed by atoms with van der Waals surface area (Å²) in [4.78, 5) is 16.5. The largest absolute Gasteiger partial charge is 0.457 e. The van der Waals surface area contributed by atoms with Gasteiger partial charge in [0.15, 0.2) is 0 Å². The number of carbonyl (C=O) groups excluding carboxylic acids is 1. The molecule has 34 heavy (non-hydrogen) atoms. The van der Waals surface area contributed by atoms with Gasteiger partial charge in [-0.2, -0.15) is 18.3 Å². The highest BCUT2D eigenvalue weighted by Crippen LogP contribution is 2.30. The lowest BCUT2D eigenvalue weighted by molar-refractivity contribution is -0.137. The molecule has 0 bridgehead atoms. The van der Waals surface area contributed by atoms with Gasteiger partial charge in [0, 0.05) is 42.8 Å². The van der Waals surface area contributed by atoms with Gasteiger partial charge in [-0.15, -0.1) is 0 Å². The first-order valence-corrected chi connectivity index (χ1v) is 9.85. The third kappa shape index (κ3) is 5.49. The van der Waals surface area contributed by atoms with Gasteiger partial charge in [-0.1, -0.05) is 0 Å². The summed E-state index contributed by atoms with van der Waals surface area (Å²) in [5.41, 5.74) is 0.495. The Morgan fingerprint density at radius 3 is 2.41 bits per heavy atom. The zero-order valence-electron chi connectivity index (χ0n) is 17.6. The van der Waals surface area contributed by atoms with Gasteiger partial charge in [0.1, 0.15) is 17.3 Å². The number of ether oxygens (including phenoxy) is 1. The van der Waals surface area contributed by atoms with E-state index in [-0.39, 0.29) is 17.1 Å². The van der Waals surface area contributed by atoms with Crippen LogP contribution >= 0.6 is 0 Å². The van der Waals surface area contributed by atoms with Crippen LogP contribution in [0.2, 0.25) is 0 Å². The lowest BCUT2D eigenvalue weighted by atomic mass is 10.2. The molecule has 2 N–H and O–H groups in total. The Balaban J connectivity index is 1.44. The number of hydrogen-bond acceptors (Lipinski definition) is 4. The highest BCUT2D eigenvalue weighted by atomic mass is 19.4. The average Bonchev–Trinajstić information content (AvgIpc) is 3.22. The number of carbonyl (C=O) groups is 1. The summed E-state index contributed by atoms with van der Waals surface area (Å²) < 4.78 is 59.6. The van der Waals surface area contributed by atoms with E-state index in [2.05, 4.69) is 20.7 Å². The van der Waals surface area contributed by atoms with Crippen LogP contribution in [0.15, 0.2) is 73.2 Å². The monoisotopic (exact) mass is 471 g/mol. The van der Waals surface area contributed by atoms with E-state index < -0.39 is 23.6 Å². The molecule has 0 atom stereocenters. The molecule has 2 amide bonds. The minimum absolute atomic E-state index is 0.109. The third-order valence-corrected chi connectivity index (χ3v) is 4.62. The average molecular weight is 471 g/mol. The zero-order chi connectivity index (χ0) is 24.3. The molecule has 0 unspecified atom stereocenters. The number of nitrogens with one attached hydrogen (secondary N) is 2. The minimum atomic E-state index is -4.49. The van der Waals surface area contributed by atoms with Crippen molar-refractivity contribution in [3.63, 3.8) is 0 Å². The first-order chi connectivity index (χ1) is 16.2. The van der Waals surface area contributed by atoms with Crippen molar-refractivity contribution in [1.82, 2.24) is 14.8 Å². The molecule has 0 aliphatic rings. The number of rotatable bonds is 5. The van der Waals surface area contributed by atoms with Crippen molar-refractivity contribution >= 4 is 17.4 Å². The van der Waals surface area contributed by atoms with E-state index in [9.17, 15) is 22.4 Å². The van der Waals surface area contributed by atoms with Crippen LogP contribution in [0, 0.1) is 5.82 Å². The number of alkyl halides is 3. The van der Waals surface area contributed by atoms with Crippen LogP contribution in [0.25, 0.3) is 11.3 Å². The van der Waals surface area contributed by atoms with E-state index in [1.165, 1.54) is 12.1 Å². The number of aromatic nitrogens is 3. The number of pyridine rings is 1. The molecule has 7 nitrogen and oxygen atoms in total. The van der Waals surface area contributed by atoms with Crippen LogP contribution in [0.4, 0.5) is 33.7 Å². The maximum absolute atomic E-state index is 14.2. The summed E-state index contributed by atoms with van der Waals surface area (Å²) in [5, 5.41) is 8.77. The van der Waals surface area contributed by atoms with Gasteiger partial charge in [0.25, 0.3) is 0 Å². The molecule has 0 aliphatic heterocycles. The van der Waals surface area contributed by atoms with Crippen LogP contribution in [0.3, 0.4) is 0 Å². The fraction of sp³-hybridized carbons (Fsp3) is 0.0870. The van der Waals surface area contributed by atoms with Gasteiger partial charge in [-0.05, 0) is 42.5 Å². The third-order valence-electron chi connectivity index (χ3n) is 4.62. The second-order valence-corrected chi connectivity index (χ2v) is 7.18. The van der Waals surface area contributed by atoms with E-state index in [1.54, 1.807) is 42.5 Å². The number of urea groups is 1. The van der Waals surface area contributed by atoms with Crippen molar-refractivity contribution in [2.24, 2.45) is 7.05 Å². The number of halogens is 4.